The monoisotopic (exact) mass is 277 g/mol. The van der Waals surface area contributed by atoms with Crippen LogP contribution in [0, 0.1) is 0 Å². The van der Waals surface area contributed by atoms with Crippen LogP contribution in [0.15, 0.2) is 24.3 Å². The highest BCUT2D eigenvalue weighted by atomic mass is 16.2. The maximum Gasteiger partial charge on any atom is 0.251 e. The van der Waals surface area contributed by atoms with Crippen LogP contribution in [-0.2, 0) is 11.3 Å². The van der Waals surface area contributed by atoms with Gasteiger partial charge in [-0.05, 0) is 24.1 Å². The summed E-state index contributed by atoms with van der Waals surface area (Å²) in [4.78, 5) is 23.1. The quantitative estimate of drug-likeness (QED) is 0.624. The topological polar surface area (TPSA) is 84.2 Å². The minimum atomic E-state index is -0.0612. The second-order valence-electron chi connectivity index (χ2n) is 4.62. The Labute approximate surface area is 119 Å². The van der Waals surface area contributed by atoms with Gasteiger partial charge in [0.2, 0.25) is 5.91 Å². The van der Waals surface area contributed by atoms with E-state index in [1.807, 2.05) is 12.1 Å². The first-order chi connectivity index (χ1) is 9.67. The fourth-order valence-corrected chi connectivity index (χ4v) is 1.67. The van der Waals surface area contributed by atoms with Crippen molar-refractivity contribution in [3.8, 4) is 0 Å². The molecule has 5 heteroatoms. The first-order valence-electron chi connectivity index (χ1n) is 7.01. The molecule has 0 fully saturated rings. The van der Waals surface area contributed by atoms with Crippen LogP contribution < -0.4 is 16.4 Å². The summed E-state index contributed by atoms with van der Waals surface area (Å²) in [7, 11) is 0. The van der Waals surface area contributed by atoms with Crippen molar-refractivity contribution in [2.24, 2.45) is 5.73 Å². The molecule has 0 atom stereocenters. The molecule has 0 spiro atoms. The van der Waals surface area contributed by atoms with Gasteiger partial charge in [0.1, 0.15) is 0 Å². The van der Waals surface area contributed by atoms with Gasteiger partial charge in [0.25, 0.3) is 5.91 Å². The van der Waals surface area contributed by atoms with Crippen molar-refractivity contribution in [2.45, 2.75) is 32.7 Å². The van der Waals surface area contributed by atoms with Crippen LogP contribution in [0.2, 0.25) is 0 Å². The predicted molar refractivity (Wildman–Crippen MR) is 79.2 cm³/mol. The molecule has 0 saturated carbocycles. The molecule has 0 aliphatic carbocycles. The number of nitrogens with two attached hydrogens (primary N) is 1. The molecule has 110 valence electrons. The van der Waals surface area contributed by atoms with Gasteiger partial charge in [-0.2, -0.15) is 0 Å². The van der Waals surface area contributed by atoms with E-state index in [-0.39, 0.29) is 11.8 Å². The van der Waals surface area contributed by atoms with Gasteiger partial charge in [-0.15, -0.1) is 0 Å². The van der Waals surface area contributed by atoms with E-state index in [0.717, 1.165) is 18.4 Å². The van der Waals surface area contributed by atoms with Crippen LogP contribution in [0.5, 0.6) is 0 Å². The first kappa shape index (κ1) is 16.2. The zero-order chi connectivity index (χ0) is 14.8. The van der Waals surface area contributed by atoms with Crippen LogP contribution in [0.3, 0.4) is 0 Å². The number of hydrogen-bond donors (Lipinski definition) is 3. The molecule has 0 unspecified atom stereocenters. The summed E-state index contributed by atoms with van der Waals surface area (Å²) in [6, 6.07) is 7.23. The molecule has 0 saturated heterocycles. The van der Waals surface area contributed by atoms with Crippen LogP contribution in [0.1, 0.15) is 42.1 Å². The lowest BCUT2D eigenvalue weighted by Crippen LogP contribution is -2.25. The highest BCUT2D eigenvalue weighted by Gasteiger charge is 2.05. The van der Waals surface area contributed by atoms with Gasteiger partial charge in [-0.25, -0.2) is 0 Å². The molecule has 20 heavy (non-hydrogen) atoms. The van der Waals surface area contributed by atoms with Crippen molar-refractivity contribution in [1.29, 1.82) is 0 Å². The van der Waals surface area contributed by atoms with Crippen molar-refractivity contribution < 1.29 is 9.59 Å². The Bertz CT molecular complexity index is 429. The smallest absolute Gasteiger partial charge is 0.251 e. The van der Waals surface area contributed by atoms with Gasteiger partial charge in [-0.3, -0.25) is 9.59 Å². The molecule has 2 amide bonds. The highest BCUT2D eigenvalue weighted by Crippen LogP contribution is 2.04. The Balaban J connectivity index is 2.43. The Kier molecular flexibility index (Phi) is 7.35. The summed E-state index contributed by atoms with van der Waals surface area (Å²) in [5.41, 5.74) is 6.89. The molecule has 0 aliphatic heterocycles. The average molecular weight is 277 g/mol. The molecular formula is C15H23N3O2. The molecular weight excluding hydrogens is 254 g/mol. The summed E-state index contributed by atoms with van der Waals surface area (Å²) in [6.45, 7) is 3.59. The Hall–Kier alpha value is -1.88. The molecule has 1 aromatic rings. The van der Waals surface area contributed by atoms with E-state index in [4.69, 9.17) is 5.73 Å². The van der Waals surface area contributed by atoms with Gasteiger partial charge in [0.15, 0.2) is 0 Å². The minimum absolute atomic E-state index is 0.0582. The SMILES string of the molecule is CCCCNC(=O)c1ccc(CNC(=O)CCN)cc1. The third-order valence-corrected chi connectivity index (χ3v) is 2.89. The zero-order valence-electron chi connectivity index (χ0n) is 11.9. The van der Waals surface area contributed by atoms with E-state index in [1.165, 1.54) is 0 Å². The van der Waals surface area contributed by atoms with Crippen molar-refractivity contribution in [1.82, 2.24) is 10.6 Å². The Morgan fingerprint density at radius 2 is 1.85 bits per heavy atom. The summed E-state index contributed by atoms with van der Waals surface area (Å²) >= 11 is 0. The summed E-state index contributed by atoms with van der Waals surface area (Å²) in [5.74, 6) is -0.119. The molecule has 0 aromatic heterocycles. The van der Waals surface area contributed by atoms with E-state index >= 15 is 0 Å². The number of nitrogens with one attached hydrogen (secondary N) is 2. The van der Waals surface area contributed by atoms with E-state index in [0.29, 0.717) is 31.6 Å². The van der Waals surface area contributed by atoms with Crippen LogP contribution in [-0.4, -0.2) is 24.9 Å². The second-order valence-corrected chi connectivity index (χ2v) is 4.62. The summed E-state index contributed by atoms with van der Waals surface area (Å²) < 4.78 is 0. The molecule has 1 aromatic carbocycles. The molecule has 0 radical (unpaired) electrons. The number of carbonyl (C=O) groups excluding carboxylic acids is 2. The summed E-state index contributed by atoms with van der Waals surface area (Å²) in [5, 5.41) is 5.63. The maximum absolute atomic E-state index is 11.8. The van der Waals surface area contributed by atoms with E-state index in [1.54, 1.807) is 12.1 Å². The third-order valence-electron chi connectivity index (χ3n) is 2.89. The van der Waals surface area contributed by atoms with E-state index in [9.17, 15) is 9.59 Å². The maximum atomic E-state index is 11.8. The van der Waals surface area contributed by atoms with Crippen LogP contribution in [0.4, 0.5) is 0 Å². The number of benzene rings is 1. The van der Waals surface area contributed by atoms with Crippen LogP contribution >= 0.6 is 0 Å². The molecule has 5 nitrogen and oxygen atoms in total. The molecule has 0 bridgehead atoms. The van der Waals surface area contributed by atoms with Gasteiger partial charge in [0.05, 0.1) is 0 Å². The predicted octanol–water partition coefficient (Wildman–Crippen LogP) is 1.18. The van der Waals surface area contributed by atoms with Gasteiger partial charge in [0, 0.05) is 31.6 Å². The van der Waals surface area contributed by atoms with Gasteiger partial charge >= 0.3 is 0 Å². The number of amides is 2. The molecule has 0 heterocycles. The number of hydrogen-bond acceptors (Lipinski definition) is 3. The Morgan fingerprint density at radius 3 is 2.45 bits per heavy atom. The standard InChI is InChI=1S/C15H23N3O2/c1-2-3-10-17-15(20)13-6-4-12(5-7-13)11-18-14(19)8-9-16/h4-7H,2-3,8-11,16H2,1H3,(H,17,20)(H,18,19). The van der Waals surface area contributed by atoms with Crippen molar-refractivity contribution in [2.75, 3.05) is 13.1 Å². The fourth-order valence-electron chi connectivity index (χ4n) is 1.67. The lowest BCUT2D eigenvalue weighted by Gasteiger charge is -2.07. The Morgan fingerprint density at radius 1 is 1.15 bits per heavy atom. The van der Waals surface area contributed by atoms with Crippen molar-refractivity contribution >= 4 is 11.8 Å². The van der Waals surface area contributed by atoms with E-state index in [2.05, 4.69) is 17.6 Å². The lowest BCUT2D eigenvalue weighted by atomic mass is 10.1. The average Bonchev–Trinajstić information content (AvgIpc) is 2.46. The van der Waals surface area contributed by atoms with Crippen molar-refractivity contribution in [3.63, 3.8) is 0 Å². The number of rotatable bonds is 8. The van der Waals surface area contributed by atoms with E-state index < -0.39 is 0 Å². The first-order valence-corrected chi connectivity index (χ1v) is 7.01. The number of carbonyl (C=O) groups is 2. The zero-order valence-corrected chi connectivity index (χ0v) is 11.9. The second kappa shape index (κ2) is 9.09. The van der Waals surface area contributed by atoms with Gasteiger partial charge in [-0.1, -0.05) is 25.5 Å². The van der Waals surface area contributed by atoms with Crippen molar-refractivity contribution in [3.05, 3.63) is 35.4 Å². The summed E-state index contributed by atoms with van der Waals surface area (Å²) in [6.07, 6.45) is 2.37. The third kappa shape index (κ3) is 5.84. The molecule has 0 aliphatic rings. The lowest BCUT2D eigenvalue weighted by molar-refractivity contribution is -0.121. The minimum Gasteiger partial charge on any atom is -0.352 e. The fraction of sp³-hybridized carbons (Fsp3) is 0.467. The van der Waals surface area contributed by atoms with Gasteiger partial charge < -0.3 is 16.4 Å². The largest absolute Gasteiger partial charge is 0.352 e. The highest BCUT2D eigenvalue weighted by molar-refractivity contribution is 5.94. The number of unbranched alkanes of at least 4 members (excludes halogenated alkanes) is 1. The molecule has 1 rings (SSSR count). The normalized spacial score (nSPS) is 10.1. The molecule has 4 N–H and O–H groups in total. The van der Waals surface area contributed by atoms with Crippen LogP contribution in [0.25, 0.3) is 0 Å².